The highest BCUT2D eigenvalue weighted by Gasteiger charge is 2.44. The van der Waals surface area contributed by atoms with Gasteiger partial charge in [0.25, 0.3) is 5.92 Å². The minimum absolute atomic E-state index is 0.229. The van der Waals surface area contributed by atoms with Crippen LogP contribution in [0.5, 0.6) is 0 Å². The molecule has 1 saturated heterocycles. The van der Waals surface area contributed by atoms with Crippen LogP contribution in [-0.4, -0.2) is 57.8 Å². The van der Waals surface area contributed by atoms with Crippen molar-refractivity contribution in [2.24, 2.45) is 11.7 Å². The Bertz CT molecular complexity index is 1130. The quantitative estimate of drug-likeness (QED) is 0.528. The zero-order chi connectivity index (χ0) is 26.1. The van der Waals surface area contributed by atoms with Crippen LogP contribution in [0.1, 0.15) is 45.5 Å². The van der Waals surface area contributed by atoms with Gasteiger partial charge in [-0.15, -0.1) is 0 Å². The lowest BCUT2D eigenvalue weighted by Crippen LogP contribution is -2.49. The summed E-state index contributed by atoms with van der Waals surface area (Å²) < 4.78 is 28.3. The predicted molar refractivity (Wildman–Crippen MR) is 129 cm³/mol. The molecule has 0 aromatic carbocycles. The van der Waals surface area contributed by atoms with E-state index in [4.69, 9.17) is 5.73 Å². The summed E-state index contributed by atoms with van der Waals surface area (Å²) in [5, 5.41) is 5.69. The molecule has 4 amide bonds. The lowest BCUT2D eigenvalue weighted by Gasteiger charge is -2.30. The van der Waals surface area contributed by atoms with Gasteiger partial charge >= 0.3 is 6.03 Å². The van der Waals surface area contributed by atoms with E-state index in [1.54, 1.807) is 19.1 Å². The molecule has 190 valence electrons. The topological polar surface area (TPSA) is 130 Å². The normalized spacial score (nSPS) is 18.4. The number of primary amides is 1. The van der Waals surface area contributed by atoms with Crippen LogP contribution >= 0.6 is 11.3 Å². The summed E-state index contributed by atoms with van der Waals surface area (Å²) in [6, 6.07) is 1.93. The number of rotatable bonds is 7. The Morgan fingerprint density at radius 3 is 2.57 bits per heavy atom. The summed E-state index contributed by atoms with van der Waals surface area (Å²) >= 11 is 1.19. The van der Waals surface area contributed by atoms with Gasteiger partial charge in [0.1, 0.15) is 6.04 Å². The molecule has 35 heavy (non-hydrogen) atoms. The number of hydrogen-bond donors (Lipinski definition) is 3. The highest BCUT2D eigenvalue weighted by molar-refractivity contribution is 7.19. The van der Waals surface area contributed by atoms with Crippen LogP contribution < -0.4 is 16.4 Å². The number of aromatic nitrogens is 2. The number of likely N-dealkylation sites (tertiary alicyclic amines) is 1. The number of nitrogens with one attached hydrogen (secondary N) is 2. The van der Waals surface area contributed by atoms with E-state index in [2.05, 4.69) is 20.6 Å². The van der Waals surface area contributed by atoms with Crippen LogP contribution in [0, 0.1) is 12.8 Å². The number of thiazole rings is 1. The molecule has 2 aromatic rings. The van der Waals surface area contributed by atoms with Gasteiger partial charge < -0.3 is 16.0 Å². The van der Waals surface area contributed by atoms with Crippen LogP contribution in [0.3, 0.4) is 0 Å². The second-order valence-corrected chi connectivity index (χ2v) is 10.3. The molecule has 0 unspecified atom stereocenters. The maximum atomic E-state index is 14.1. The van der Waals surface area contributed by atoms with Crippen LogP contribution in [0.4, 0.5) is 18.7 Å². The number of carbonyl (C=O) groups is 3. The van der Waals surface area contributed by atoms with Crippen molar-refractivity contribution >= 4 is 34.3 Å². The smallest absolute Gasteiger partial charge is 0.324 e. The van der Waals surface area contributed by atoms with E-state index in [1.807, 2.05) is 0 Å². The van der Waals surface area contributed by atoms with E-state index in [-0.39, 0.29) is 24.1 Å². The van der Waals surface area contributed by atoms with Crippen molar-refractivity contribution in [1.82, 2.24) is 20.2 Å². The highest BCUT2D eigenvalue weighted by atomic mass is 32.1. The Morgan fingerprint density at radius 2 is 1.97 bits per heavy atom. The largest absolute Gasteiger partial charge is 0.368 e. The zero-order valence-electron chi connectivity index (χ0n) is 20.3. The molecular formula is C23H30F2N6O3S. The molecule has 1 fully saturated rings. The molecule has 1 aliphatic rings. The van der Waals surface area contributed by atoms with Gasteiger partial charge in [0, 0.05) is 39.1 Å². The Hall–Kier alpha value is -3.15. The summed E-state index contributed by atoms with van der Waals surface area (Å²) in [5.74, 6) is -4.15. The van der Waals surface area contributed by atoms with E-state index in [0.29, 0.717) is 34.2 Å². The first-order chi connectivity index (χ1) is 16.2. The minimum Gasteiger partial charge on any atom is -0.368 e. The van der Waals surface area contributed by atoms with Crippen molar-refractivity contribution in [3.05, 3.63) is 29.7 Å². The predicted octanol–water partition coefficient (Wildman–Crippen LogP) is 3.29. The van der Waals surface area contributed by atoms with Gasteiger partial charge in [-0.1, -0.05) is 11.3 Å². The van der Waals surface area contributed by atoms with Gasteiger partial charge in [0.15, 0.2) is 5.13 Å². The molecule has 0 bridgehead atoms. The van der Waals surface area contributed by atoms with Crippen LogP contribution in [0.2, 0.25) is 0 Å². The first-order valence-corrected chi connectivity index (χ1v) is 12.0. The van der Waals surface area contributed by atoms with Gasteiger partial charge in [-0.2, -0.15) is 0 Å². The maximum absolute atomic E-state index is 14.1. The van der Waals surface area contributed by atoms with Gasteiger partial charge in [0.2, 0.25) is 11.8 Å². The summed E-state index contributed by atoms with van der Waals surface area (Å²) in [7, 11) is 0. The number of nitrogens with zero attached hydrogens (tertiary/aromatic N) is 3. The number of hydrogen-bond acceptors (Lipinski definition) is 6. The number of amides is 4. The molecule has 4 N–H and O–H groups in total. The zero-order valence-corrected chi connectivity index (χ0v) is 21.1. The summed E-state index contributed by atoms with van der Waals surface area (Å²) in [6.45, 7) is 7.42. The monoisotopic (exact) mass is 508 g/mol. The number of anilines is 1. The van der Waals surface area contributed by atoms with Gasteiger partial charge in [-0.05, 0) is 44.9 Å². The van der Waals surface area contributed by atoms with Crippen LogP contribution in [0.25, 0.3) is 10.4 Å². The lowest BCUT2D eigenvalue weighted by atomic mass is 9.82. The standard InChI is InChI=1S/C23H30F2N6O3S/c1-12-18(14-6-8-27-16(10-14)22(3,4)23(5,24)25)35-20(29-12)30-21(34)31-9-7-15(11-28-13(2)32)17(31)19(26)33/h6,8,10,15,17H,7,9,11H2,1-5H3,(H2,26,33)(H,28,32)(H,29,30,34)/t15-,17-/m0/s1. The minimum atomic E-state index is -2.98. The molecule has 0 spiro atoms. The van der Waals surface area contributed by atoms with Crippen molar-refractivity contribution in [2.45, 2.75) is 58.4 Å². The van der Waals surface area contributed by atoms with Crippen molar-refractivity contribution < 1.29 is 23.2 Å². The van der Waals surface area contributed by atoms with E-state index < -0.39 is 29.3 Å². The lowest BCUT2D eigenvalue weighted by molar-refractivity contribution is -0.123. The van der Waals surface area contributed by atoms with Crippen LogP contribution in [-0.2, 0) is 15.0 Å². The molecule has 9 nitrogen and oxygen atoms in total. The van der Waals surface area contributed by atoms with Gasteiger partial charge in [-0.3, -0.25) is 19.9 Å². The fourth-order valence-corrected chi connectivity index (χ4v) is 4.93. The average molecular weight is 509 g/mol. The molecule has 12 heteroatoms. The highest BCUT2D eigenvalue weighted by Crippen LogP contribution is 2.40. The number of alkyl halides is 2. The summed E-state index contributed by atoms with van der Waals surface area (Å²) in [5.41, 5.74) is 5.59. The van der Waals surface area contributed by atoms with Crippen LogP contribution in [0.15, 0.2) is 18.3 Å². The Morgan fingerprint density at radius 1 is 1.29 bits per heavy atom. The Balaban J connectivity index is 1.80. The SMILES string of the molecule is CC(=O)NC[C@@H]1CCN(C(=O)Nc2nc(C)c(-c3ccnc(C(C)(C)C(C)(F)F)c3)s2)[C@@H]1C(N)=O. The van der Waals surface area contributed by atoms with E-state index >= 15 is 0 Å². The van der Waals surface area contributed by atoms with E-state index in [9.17, 15) is 23.2 Å². The third kappa shape index (κ3) is 5.58. The molecule has 2 atom stereocenters. The van der Waals surface area contributed by atoms with Gasteiger partial charge in [-0.25, -0.2) is 18.6 Å². The average Bonchev–Trinajstić information content (AvgIpc) is 3.35. The van der Waals surface area contributed by atoms with Gasteiger partial charge in [0.05, 0.1) is 21.7 Å². The van der Waals surface area contributed by atoms with Crippen molar-refractivity contribution in [3.8, 4) is 10.4 Å². The van der Waals surface area contributed by atoms with Crippen molar-refractivity contribution in [1.29, 1.82) is 0 Å². The first kappa shape index (κ1) is 26.5. The number of pyridine rings is 1. The molecule has 0 radical (unpaired) electrons. The van der Waals surface area contributed by atoms with Crippen molar-refractivity contribution in [3.63, 3.8) is 0 Å². The Labute approximate surface area is 206 Å². The fourth-order valence-electron chi connectivity index (χ4n) is 3.98. The molecule has 2 aromatic heterocycles. The molecule has 3 rings (SSSR count). The Kier molecular flexibility index (Phi) is 7.44. The summed E-state index contributed by atoms with van der Waals surface area (Å²) in [6.07, 6.45) is 1.99. The molecule has 1 aliphatic heterocycles. The number of halogens is 2. The molecule has 3 heterocycles. The molecule has 0 saturated carbocycles. The van der Waals surface area contributed by atoms with E-state index in [1.165, 1.54) is 43.2 Å². The second-order valence-electron chi connectivity index (χ2n) is 9.33. The van der Waals surface area contributed by atoms with E-state index in [0.717, 1.165) is 6.92 Å². The number of aryl methyl sites for hydroxylation is 1. The first-order valence-electron chi connectivity index (χ1n) is 11.2. The molecule has 0 aliphatic carbocycles. The second kappa shape index (κ2) is 9.84. The van der Waals surface area contributed by atoms with Crippen molar-refractivity contribution in [2.75, 3.05) is 18.4 Å². The molecular weight excluding hydrogens is 478 g/mol. The maximum Gasteiger partial charge on any atom is 0.324 e. The third-order valence-electron chi connectivity index (χ3n) is 6.46. The number of urea groups is 1. The fraction of sp³-hybridized carbons (Fsp3) is 0.522. The third-order valence-corrected chi connectivity index (χ3v) is 7.58. The number of nitrogens with two attached hydrogens (primary N) is 1. The summed E-state index contributed by atoms with van der Waals surface area (Å²) in [4.78, 5) is 46.9. The number of carbonyl (C=O) groups excluding carboxylic acids is 3.